The minimum Gasteiger partial charge on any atom is -0.465 e. The number of hydrogen-bond donors (Lipinski definition) is 0. The van der Waals surface area contributed by atoms with E-state index in [2.05, 4.69) is 13.8 Å². The van der Waals surface area contributed by atoms with Crippen molar-refractivity contribution in [2.75, 3.05) is 6.61 Å². The van der Waals surface area contributed by atoms with Gasteiger partial charge in [0.05, 0.1) is 12.5 Å². The highest BCUT2D eigenvalue weighted by molar-refractivity contribution is 5.71. The van der Waals surface area contributed by atoms with Crippen LogP contribution in [0.3, 0.4) is 0 Å². The summed E-state index contributed by atoms with van der Waals surface area (Å²) in [6.45, 7) is 7.23. The van der Waals surface area contributed by atoms with Crippen LogP contribution in [0.5, 0.6) is 0 Å². The third-order valence-electron chi connectivity index (χ3n) is 7.14. The van der Waals surface area contributed by atoms with Gasteiger partial charge in [-0.15, -0.1) is 0 Å². The van der Waals surface area contributed by atoms with Gasteiger partial charge in [-0.05, 0) is 12.8 Å². The van der Waals surface area contributed by atoms with Crippen LogP contribution in [0.2, 0.25) is 0 Å². The smallest absolute Gasteiger partial charge is 0.308 e. The van der Waals surface area contributed by atoms with Crippen molar-refractivity contribution in [1.82, 2.24) is 0 Å². The minimum atomic E-state index is 0.0288. The van der Waals surface area contributed by atoms with Crippen molar-refractivity contribution in [3.05, 3.63) is 0 Å². The average molecular weight is 467 g/mol. The highest BCUT2D eigenvalue weighted by Gasteiger charge is 2.13. The molecule has 1 unspecified atom stereocenters. The number of ether oxygens (including phenoxy) is 1. The first-order valence-corrected chi connectivity index (χ1v) is 15.4. The van der Waals surface area contributed by atoms with Crippen LogP contribution in [0.4, 0.5) is 0 Å². The molecule has 0 rings (SSSR count). The van der Waals surface area contributed by atoms with Crippen molar-refractivity contribution >= 4 is 5.97 Å². The van der Waals surface area contributed by atoms with Crippen LogP contribution in [-0.2, 0) is 9.53 Å². The predicted molar refractivity (Wildman–Crippen MR) is 147 cm³/mol. The van der Waals surface area contributed by atoms with Crippen molar-refractivity contribution in [3.63, 3.8) is 0 Å². The Hall–Kier alpha value is -0.530. The first-order chi connectivity index (χ1) is 16.2. The molecule has 0 amide bonds. The van der Waals surface area contributed by atoms with Crippen LogP contribution in [0.25, 0.3) is 0 Å². The minimum absolute atomic E-state index is 0.0288. The maximum Gasteiger partial charge on any atom is 0.308 e. The molecule has 33 heavy (non-hydrogen) atoms. The van der Waals surface area contributed by atoms with Crippen molar-refractivity contribution in [2.24, 2.45) is 5.92 Å². The molecule has 0 aliphatic heterocycles. The molecule has 0 aliphatic rings. The molecular formula is C31H62O2. The first-order valence-electron chi connectivity index (χ1n) is 15.4. The van der Waals surface area contributed by atoms with Crippen molar-refractivity contribution in [3.8, 4) is 0 Å². The topological polar surface area (TPSA) is 26.3 Å². The lowest BCUT2D eigenvalue weighted by Crippen LogP contribution is -2.15. The Bertz CT molecular complexity index is 379. The summed E-state index contributed by atoms with van der Waals surface area (Å²) in [5.41, 5.74) is 0. The molecule has 2 nitrogen and oxygen atoms in total. The van der Waals surface area contributed by atoms with Crippen LogP contribution < -0.4 is 0 Å². The van der Waals surface area contributed by atoms with E-state index >= 15 is 0 Å². The van der Waals surface area contributed by atoms with Gasteiger partial charge in [-0.1, -0.05) is 168 Å². The third-order valence-corrected chi connectivity index (χ3v) is 7.14. The Labute approximate surface area is 209 Å². The van der Waals surface area contributed by atoms with E-state index in [1.807, 2.05) is 6.92 Å². The van der Waals surface area contributed by atoms with Gasteiger partial charge >= 0.3 is 5.97 Å². The Morgan fingerprint density at radius 1 is 0.485 bits per heavy atom. The maximum atomic E-state index is 12.2. The second-order valence-electron chi connectivity index (χ2n) is 10.6. The van der Waals surface area contributed by atoms with E-state index in [1.54, 1.807) is 0 Å². The Morgan fingerprint density at radius 2 is 0.788 bits per heavy atom. The summed E-state index contributed by atoms with van der Waals surface area (Å²) in [4.78, 5) is 12.2. The number of hydrogen-bond acceptors (Lipinski definition) is 2. The highest BCUT2D eigenvalue weighted by Crippen LogP contribution is 2.16. The van der Waals surface area contributed by atoms with Gasteiger partial charge in [-0.2, -0.15) is 0 Å². The average Bonchev–Trinajstić information content (AvgIpc) is 2.82. The second kappa shape index (κ2) is 27.7. The quantitative estimate of drug-likeness (QED) is 0.0888. The zero-order valence-electron chi connectivity index (χ0n) is 23.3. The summed E-state index contributed by atoms with van der Waals surface area (Å²) < 4.78 is 5.51. The van der Waals surface area contributed by atoms with Crippen molar-refractivity contribution < 1.29 is 9.53 Å². The number of unbranched alkanes of at least 4 members (excludes halogenated alkanes) is 22. The number of carbonyl (C=O) groups excluding carboxylic acids is 1. The van der Waals surface area contributed by atoms with E-state index in [1.165, 1.54) is 148 Å². The molecule has 198 valence electrons. The monoisotopic (exact) mass is 466 g/mol. The molecule has 0 heterocycles. The van der Waals surface area contributed by atoms with Crippen LogP contribution in [-0.4, -0.2) is 12.6 Å². The van der Waals surface area contributed by atoms with Crippen LogP contribution >= 0.6 is 0 Å². The van der Waals surface area contributed by atoms with E-state index in [-0.39, 0.29) is 11.9 Å². The van der Waals surface area contributed by atoms with Gasteiger partial charge in [0.2, 0.25) is 0 Å². The molecule has 0 saturated carbocycles. The van der Waals surface area contributed by atoms with Crippen LogP contribution in [0, 0.1) is 5.92 Å². The molecule has 0 aromatic rings. The van der Waals surface area contributed by atoms with Gasteiger partial charge in [0, 0.05) is 0 Å². The number of carbonyl (C=O) groups is 1. The SMILES string of the molecule is CCCCCCCCCCCCCCOC(=O)C(C)CCCCCCCCCCCCCC. The lowest BCUT2D eigenvalue weighted by Gasteiger charge is -2.11. The second-order valence-corrected chi connectivity index (χ2v) is 10.6. The lowest BCUT2D eigenvalue weighted by molar-refractivity contribution is -0.148. The zero-order chi connectivity index (χ0) is 24.2. The third kappa shape index (κ3) is 25.9. The largest absolute Gasteiger partial charge is 0.465 e. The highest BCUT2D eigenvalue weighted by atomic mass is 16.5. The van der Waals surface area contributed by atoms with Crippen LogP contribution in [0.1, 0.15) is 181 Å². The number of rotatable bonds is 27. The Morgan fingerprint density at radius 3 is 1.15 bits per heavy atom. The molecule has 0 aliphatic carbocycles. The molecular weight excluding hydrogens is 404 g/mol. The van der Waals surface area contributed by atoms with Gasteiger partial charge < -0.3 is 4.74 Å². The Balaban J connectivity index is 3.29. The molecule has 1 atom stereocenters. The molecule has 0 aromatic carbocycles. The summed E-state index contributed by atoms with van der Waals surface area (Å²) >= 11 is 0. The Kier molecular flexibility index (Phi) is 27.3. The molecule has 0 N–H and O–H groups in total. The molecule has 0 saturated heterocycles. The van der Waals surface area contributed by atoms with Gasteiger partial charge in [0.25, 0.3) is 0 Å². The van der Waals surface area contributed by atoms with Crippen molar-refractivity contribution in [2.45, 2.75) is 181 Å². The van der Waals surface area contributed by atoms with E-state index < -0.39 is 0 Å². The summed E-state index contributed by atoms with van der Waals surface area (Å²) in [6.07, 6.45) is 33.5. The van der Waals surface area contributed by atoms with E-state index in [9.17, 15) is 4.79 Å². The molecule has 0 fully saturated rings. The van der Waals surface area contributed by atoms with Crippen LogP contribution in [0.15, 0.2) is 0 Å². The summed E-state index contributed by atoms with van der Waals surface area (Å²) in [7, 11) is 0. The first kappa shape index (κ1) is 32.5. The molecule has 0 aromatic heterocycles. The molecule has 0 spiro atoms. The lowest BCUT2D eigenvalue weighted by atomic mass is 10.0. The van der Waals surface area contributed by atoms with Gasteiger partial charge in [0.15, 0.2) is 0 Å². The van der Waals surface area contributed by atoms with E-state index in [4.69, 9.17) is 4.74 Å². The normalized spacial score (nSPS) is 12.2. The molecule has 0 bridgehead atoms. The fraction of sp³-hybridized carbons (Fsp3) is 0.968. The summed E-state index contributed by atoms with van der Waals surface area (Å²) in [5.74, 6) is 0.103. The van der Waals surface area contributed by atoms with E-state index in [0.29, 0.717) is 6.61 Å². The van der Waals surface area contributed by atoms with Crippen molar-refractivity contribution in [1.29, 1.82) is 0 Å². The number of esters is 1. The zero-order valence-corrected chi connectivity index (χ0v) is 23.3. The fourth-order valence-corrected chi connectivity index (χ4v) is 4.67. The van der Waals surface area contributed by atoms with Gasteiger partial charge in [-0.25, -0.2) is 0 Å². The van der Waals surface area contributed by atoms with E-state index in [0.717, 1.165) is 12.8 Å². The fourth-order valence-electron chi connectivity index (χ4n) is 4.67. The van der Waals surface area contributed by atoms with Gasteiger partial charge in [-0.3, -0.25) is 4.79 Å². The summed E-state index contributed by atoms with van der Waals surface area (Å²) in [5, 5.41) is 0. The summed E-state index contributed by atoms with van der Waals surface area (Å²) in [6, 6.07) is 0. The standard InChI is InChI=1S/C31H62O2/c1-4-6-8-10-12-14-16-18-20-22-24-26-28-30(3)31(32)33-29-27-25-23-21-19-17-15-13-11-9-7-5-2/h30H,4-29H2,1-3H3. The molecule has 2 heteroatoms. The van der Waals surface area contributed by atoms with Gasteiger partial charge in [0.1, 0.15) is 0 Å². The predicted octanol–water partition coefficient (Wildman–Crippen LogP) is 11.0. The molecule has 0 radical (unpaired) electrons. The maximum absolute atomic E-state index is 12.2.